The highest BCUT2D eigenvalue weighted by atomic mass is 32.1. The fourth-order valence-electron chi connectivity index (χ4n) is 2.56. The SMILES string of the molecule is COc1ccc(-c2nc(N/N=C\c3ccc(OC)c(OC)c3)sc2C)cc1. The van der Waals surface area contributed by atoms with Crippen LogP contribution in [0.5, 0.6) is 17.2 Å². The molecule has 0 aliphatic heterocycles. The number of ether oxygens (including phenoxy) is 3. The first-order chi connectivity index (χ1) is 13.1. The van der Waals surface area contributed by atoms with Crippen LogP contribution in [0.4, 0.5) is 5.13 Å². The molecule has 0 aliphatic carbocycles. The summed E-state index contributed by atoms with van der Waals surface area (Å²) < 4.78 is 15.7. The van der Waals surface area contributed by atoms with Crippen molar-refractivity contribution in [1.82, 2.24) is 4.98 Å². The number of hydrogen-bond donors (Lipinski definition) is 1. The molecule has 6 nitrogen and oxygen atoms in total. The van der Waals surface area contributed by atoms with Gasteiger partial charge in [-0.05, 0) is 55.0 Å². The molecule has 0 aliphatic rings. The molecule has 3 aromatic rings. The predicted molar refractivity (Wildman–Crippen MR) is 110 cm³/mol. The molecule has 0 saturated heterocycles. The Labute approximate surface area is 162 Å². The molecule has 0 radical (unpaired) electrons. The maximum atomic E-state index is 5.30. The van der Waals surface area contributed by atoms with E-state index in [4.69, 9.17) is 14.2 Å². The Kier molecular flexibility index (Phi) is 5.93. The largest absolute Gasteiger partial charge is 0.497 e. The van der Waals surface area contributed by atoms with E-state index in [1.54, 1.807) is 38.9 Å². The van der Waals surface area contributed by atoms with E-state index in [0.29, 0.717) is 11.5 Å². The molecular formula is C20H21N3O3S. The van der Waals surface area contributed by atoms with Gasteiger partial charge in [-0.1, -0.05) is 0 Å². The second-order valence-electron chi connectivity index (χ2n) is 5.64. The molecule has 2 aromatic carbocycles. The van der Waals surface area contributed by atoms with Crippen molar-refractivity contribution in [3.63, 3.8) is 0 Å². The summed E-state index contributed by atoms with van der Waals surface area (Å²) in [4.78, 5) is 5.75. The van der Waals surface area contributed by atoms with Crippen LogP contribution in [0, 0.1) is 6.92 Å². The van der Waals surface area contributed by atoms with E-state index in [1.807, 2.05) is 49.4 Å². The van der Waals surface area contributed by atoms with Crippen LogP contribution < -0.4 is 19.6 Å². The van der Waals surface area contributed by atoms with E-state index in [0.717, 1.165) is 32.6 Å². The monoisotopic (exact) mass is 383 g/mol. The van der Waals surface area contributed by atoms with E-state index in [9.17, 15) is 0 Å². The fraction of sp³-hybridized carbons (Fsp3) is 0.200. The zero-order valence-electron chi connectivity index (χ0n) is 15.6. The number of hydrogen-bond acceptors (Lipinski definition) is 7. The number of thiazole rings is 1. The van der Waals surface area contributed by atoms with Gasteiger partial charge in [0.15, 0.2) is 11.5 Å². The van der Waals surface area contributed by atoms with Crippen molar-refractivity contribution >= 4 is 22.7 Å². The molecule has 0 fully saturated rings. The van der Waals surface area contributed by atoms with Crippen molar-refractivity contribution in [2.45, 2.75) is 6.92 Å². The molecule has 140 valence electrons. The summed E-state index contributed by atoms with van der Waals surface area (Å²) in [5, 5.41) is 5.01. The quantitative estimate of drug-likeness (QED) is 0.477. The van der Waals surface area contributed by atoms with Gasteiger partial charge < -0.3 is 14.2 Å². The number of nitrogens with zero attached hydrogens (tertiary/aromatic N) is 2. The molecule has 1 N–H and O–H groups in total. The van der Waals surface area contributed by atoms with E-state index >= 15 is 0 Å². The van der Waals surface area contributed by atoms with E-state index in [2.05, 4.69) is 15.5 Å². The van der Waals surface area contributed by atoms with Crippen molar-refractivity contribution in [2.75, 3.05) is 26.8 Å². The Hall–Kier alpha value is -3.06. The van der Waals surface area contributed by atoms with Crippen LogP contribution in [0.2, 0.25) is 0 Å². The van der Waals surface area contributed by atoms with Gasteiger partial charge in [-0.2, -0.15) is 5.10 Å². The highest BCUT2D eigenvalue weighted by Gasteiger charge is 2.09. The number of aryl methyl sites for hydroxylation is 1. The van der Waals surface area contributed by atoms with E-state index in [1.165, 1.54) is 0 Å². The van der Waals surface area contributed by atoms with Gasteiger partial charge in [-0.25, -0.2) is 4.98 Å². The first-order valence-electron chi connectivity index (χ1n) is 8.27. The van der Waals surface area contributed by atoms with Crippen molar-refractivity contribution in [3.05, 3.63) is 52.9 Å². The Balaban J connectivity index is 1.72. The summed E-state index contributed by atoms with van der Waals surface area (Å²) in [5.74, 6) is 2.17. The Morgan fingerprint density at radius 2 is 1.70 bits per heavy atom. The Bertz CT molecular complexity index is 936. The zero-order valence-corrected chi connectivity index (χ0v) is 16.5. The molecule has 0 amide bonds. The molecule has 0 saturated carbocycles. The molecule has 1 aromatic heterocycles. The highest BCUT2D eigenvalue weighted by molar-refractivity contribution is 7.15. The van der Waals surface area contributed by atoms with Gasteiger partial charge in [-0.3, -0.25) is 5.43 Å². The molecule has 0 bridgehead atoms. The number of nitrogens with one attached hydrogen (secondary N) is 1. The average Bonchev–Trinajstić information content (AvgIpc) is 3.08. The van der Waals surface area contributed by atoms with Gasteiger partial charge in [0.1, 0.15) is 5.75 Å². The minimum atomic E-state index is 0.660. The lowest BCUT2D eigenvalue weighted by atomic mass is 10.1. The third kappa shape index (κ3) is 4.38. The van der Waals surface area contributed by atoms with Crippen LogP contribution in [-0.4, -0.2) is 32.5 Å². The van der Waals surface area contributed by atoms with E-state index < -0.39 is 0 Å². The number of hydrazone groups is 1. The van der Waals surface area contributed by atoms with Gasteiger partial charge in [-0.15, -0.1) is 11.3 Å². The minimum absolute atomic E-state index is 0.660. The lowest BCUT2D eigenvalue weighted by Crippen LogP contribution is -1.94. The lowest BCUT2D eigenvalue weighted by molar-refractivity contribution is 0.355. The summed E-state index contributed by atoms with van der Waals surface area (Å²) >= 11 is 1.56. The summed E-state index contributed by atoms with van der Waals surface area (Å²) in [6.07, 6.45) is 1.71. The molecule has 27 heavy (non-hydrogen) atoms. The van der Waals surface area contributed by atoms with Crippen LogP contribution in [0.3, 0.4) is 0 Å². The van der Waals surface area contributed by atoms with Crippen molar-refractivity contribution in [1.29, 1.82) is 0 Å². The second kappa shape index (κ2) is 8.55. The lowest BCUT2D eigenvalue weighted by Gasteiger charge is -2.07. The third-order valence-corrected chi connectivity index (χ3v) is 4.82. The molecule has 7 heteroatoms. The summed E-state index contributed by atoms with van der Waals surface area (Å²) in [6, 6.07) is 13.5. The molecule has 1 heterocycles. The van der Waals surface area contributed by atoms with Gasteiger partial charge in [0.25, 0.3) is 0 Å². The van der Waals surface area contributed by atoms with Crippen molar-refractivity contribution < 1.29 is 14.2 Å². The van der Waals surface area contributed by atoms with Crippen molar-refractivity contribution in [3.8, 4) is 28.5 Å². The Morgan fingerprint density at radius 3 is 2.37 bits per heavy atom. The third-order valence-electron chi connectivity index (χ3n) is 3.94. The fourth-order valence-corrected chi connectivity index (χ4v) is 3.34. The molecule has 0 atom stereocenters. The first kappa shape index (κ1) is 18.7. The Morgan fingerprint density at radius 1 is 0.963 bits per heavy atom. The topological polar surface area (TPSA) is 65.0 Å². The van der Waals surface area contributed by atoms with Gasteiger partial charge in [0.05, 0.1) is 33.2 Å². The number of anilines is 1. The van der Waals surface area contributed by atoms with Crippen LogP contribution in [-0.2, 0) is 0 Å². The summed E-state index contributed by atoms with van der Waals surface area (Å²) in [7, 11) is 4.87. The van der Waals surface area contributed by atoms with Crippen LogP contribution in [0.1, 0.15) is 10.4 Å². The molecule has 0 unspecified atom stereocenters. The second-order valence-corrected chi connectivity index (χ2v) is 6.84. The first-order valence-corrected chi connectivity index (χ1v) is 9.09. The number of aromatic nitrogens is 1. The normalized spacial score (nSPS) is 10.8. The standard InChI is InChI=1S/C20H21N3O3S/c1-13-19(15-6-8-16(24-2)9-7-15)22-20(27-13)23-21-12-14-5-10-17(25-3)18(11-14)26-4/h5-12H,1-4H3,(H,22,23)/b21-12-. The number of rotatable bonds is 7. The van der Waals surface area contributed by atoms with Crippen LogP contribution in [0.25, 0.3) is 11.3 Å². The predicted octanol–water partition coefficient (Wildman–Crippen LogP) is 4.59. The zero-order chi connectivity index (χ0) is 19.2. The molecular weight excluding hydrogens is 362 g/mol. The maximum Gasteiger partial charge on any atom is 0.204 e. The van der Waals surface area contributed by atoms with Gasteiger partial charge in [0, 0.05) is 10.4 Å². The summed E-state index contributed by atoms with van der Waals surface area (Å²) in [5.41, 5.74) is 5.86. The number of methoxy groups -OCH3 is 3. The van der Waals surface area contributed by atoms with Crippen molar-refractivity contribution in [2.24, 2.45) is 5.10 Å². The minimum Gasteiger partial charge on any atom is -0.497 e. The number of benzene rings is 2. The van der Waals surface area contributed by atoms with Crippen LogP contribution in [0.15, 0.2) is 47.6 Å². The smallest absolute Gasteiger partial charge is 0.204 e. The highest BCUT2D eigenvalue weighted by Crippen LogP contribution is 2.31. The van der Waals surface area contributed by atoms with Crippen LogP contribution >= 0.6 is 11.3 Å². The average molecular weight is 383 g/mol. The van der Waals surface area contributed by atoms with E-state index in [-0.39, 0.29) is 0 Å². The summed E-state index contributed by atoms with van der Waals surface area (Å²) in [6.45, 7) is 2.04. The molecule has 0 spiro atoms. The van der Waals surface area contributed by atoms with Gasteiger partial charge >= 0.3 is 0 Å². The van der Waals surface area contributed by atoms with Gasteiger partial charge in [0.2, 0.25) is 5.13 Å². The maximum absolute atomic E-state index is 5.30. The molecule has 3 rings (SSSR count).